The second-order valence-electron chi connectivity index (χ2n) is 8.47. The highest BCUT2D eigenvalue weighted by Gasteiger charge is 2.30. The van der Waals surface area contributed by atoms with Gasteiger partial charge in [-0.05, 0) is 60.7 Å². The Bertz CT molecular complexity index is 1190. The molecule has 0 bridgehead atoms. The zero-order chi connectivity index (χ0) is 22.9. The molecule has 0 atom stereocenters. The second-order valence-corrected chi connectivity index (χ2v) is 10.4. The van der Waals surface area contributed by atoms with Crippen molar-refractivity contribution in [3.8, 4) is 0 Å². The maximum absolute atomic E-state index is 12.8. The van der Waals surface area contributed by atoms with Crippen LogP contribution in [0.15, 0.2) is 48.7 Å². The first-order chi connectivity index (χ1) is 15.2. The predicted molar refractivity (Wildman–Crippen MR) is 121 cm³/mol. The number of rotatable bonds is 6. The minimum atomic E-state index is -4.35. The van der Waals surface area contributed by atoms with Crippen LogP contribution in [0.4, 0.5) is 18.9 Å². The van der Waals surface area contributed by atoms with Gasteiger partial charge in [0, 0.05) is 29.3 Å². The van der Waals surface area contributed by atoms with Gasteiger partial charge in [0.1, 0.15) is 0 Å². The number of anilines is 1. The molecule has 0 aliphatic heterocycles. The predicted octanol–water partition coefficient (Wildman–Crippen LogP) is 6.35. The zero-order valence-corrected chi connectivity index (χ0v) is 18.8. The number of sulfonamides is 1. The number of fused-ring (bicyclic) bond motifs is 1. The van der Waals surface area contributed by atoms with Gasteiger partial charge in [0.15, 0.2) is 0 Å². The van der Waals surface area contributed by atoms with Gasteiger partial charge in [-0.15, -0.1) is 0 Å². The molecule has 0 amide bonds. The van der Waals surface area contributed by atoms with Crippen LogP contribution >= 0.6 is 0 Å². The first kappa shape index (κ1) is 22.7. The molecule has 0 saturated heterocycles. The van der Waals surface area contributed by atoms with Crippen LogP contribution in [0.3, 0.4) is 0 Å². The van der Waals surface area contributed by atoms with Crippen LogP contribution in [0.2, 0.25) is 0 Å². The average molecular weight is 465 g/mol. The van der Waals surface area contributed by atoms with E-state index >= 15 is 0 Å². The Kier molecular flexibility index (Phi) is 6.25. The van der Waals surface area contributed by atoms with Crippen molar-refractivity contribution >= 4 is 26.6 Å². The number of nitrogens with zero attached hydrogens (tertiary/aromatic N) is 1. The quantitative estimate of drug-likeness (QED) is 0.462. The van der Waals surface area contributed by atoms with Crippen molar-refractivity contribution in [3.05, 3.63) is 65.4 Å². The summed E-state index contributed by atoms with van der Waals surface area (Å²) in [6, 6.07) is 10.7. The lowest BCUT2D eigenvalue weighted by molar-refractivity contribution is -0.137. The Morgan fingerprint density at radius 3 is 2.34 bits per heavy atom. The van der Waals surface area contributed by atoms with Crippen LogP contribution in [0.1, 0.15) is 55.7 Å². The van der Waals surface area contributed by atoms with E-state index in [4.69, 9.17) is 0 Å². The highest BCUT2D eigenvalue weighted by atomic mass is 32.2. The largest absolute Gasteiger partial charge is 0.416 e. The van der Waals surface area contributed by atoms with Crippen LogP contribution < -0.4 is 4.72 Å². The van der Waals surface area contributed by atoms with E-state index in [0.29, 0.717) is 25.1 Å². The lowest BCUT2D eigenvalue weighted by Gasteiger charge is -2.22. The molecule has 8 heteroatoms. The third-order valence-electron chi connectivity index (χ3n) is 6.23. The second kappa shape index (κ2) is 8.81. The summed E-state index contributed by atoms with van der Waals surface area (Å²) in [5.41, 5.74) is 2.63. The van der Waals surface area contributed by atoms with Gasteiger partial charge in [-0.2, -0.15) is 13.2 Å². The summed E-state index contributed by atoms with van der Waals surface area (Å²) < 4.78 is 68.8. The fraction of sp³-hybridized carbons (Fsp3) is 0.417. The average Bonchev–Trinajstić information content (AvgIpc) is 3.10. The lowest BCUT2D eigenvalue weighted by Crippen LogP contribution is -2.29. The Morgan fingerprint density at radius 1 is 1.03 bits per heavy atom. The summed E-state index contributed by atoms with van der Waals surface area (Å²) in [5.74, 6) is 0. The van der Waals surface area contributed by atoms with Crippen LogP contribution in [0, 0.1) is 0 Å². The fourth-order valence-corrected chi connectivity index (χ4v) is 6.04. The summed E-state index contributed by atoms with van der Waals surface area (Å²) in [4.78, 5) is 0. The minimum Gasteiger partial charge on any atom is -0.343 e. The van der Waals surface area contributed by atoms with Crippen molar-refractivity contribution in [2.75, 3.05) is 4.72 Å². The summed E-state index contributed by atoms with van der Waals surface area (Å²) in [6.07, 6.45) is 2.76. The van der Waals surface area contributed by atoms with Gasteiger partial charge in [0.25, 0.3) is 0 Å². The molecular formula is C24H27F3N2O2S. The van der Waals surface area contributed by atoms with Crippen LogP contribution in [-0.4, -0.2) is 18.2 Å². The van der Waals surface area contributed by atoms with E-state index in [2.05, 4.69) is 4.72 Å². The Balaban J connectivity index is 1.59. The molecule has 1 aliphatic carbocycles. The number of benzene rings is 2. The zero-order valence-electron chi connectivity index (χ0n) is 18.0. The maximum Gasteiger partial charge on any atom is 0.416 e. The summed E-state index contributed by atoms with van der Waals surface area (Å²) in [5, 5.41) is 0.602. The van der Waals surface area contributed by atoms with Gasteiger partial charge in [-0.3, -0.25) is 4.72 Å². The highest BCUT2D eigenvalue weighted by molar-refractivity contribution is 7.93. The molecule has 32 heavy (non-hydrogen) atoms. The lowest BCUT2D eigenvalue weighted by atomic mass is 10.0. The standard InChI is InChI=1S/C24H27F3N2O2S/c1-2-18-16-29(15-17-8-10-19(11-9-17)24(25,26)27)23-13-12-20(14-22(18)23)28-32(30,31)21-6-4-3-5-7-21/h8-14,16,21,28H,2-7,15H2,1H3. The van der Waals surface area contributed by atoms with E-state index in [0.717, 1.165) is 59.8 Å². The van der Waals surface area contributed by atoms with Crippen molar-refractivity contribution in [2.45, 2.75) is 63.4 Å². The number of aromatic nitrogens is 1. The molecule has 4 nitrogen and oxygen atoms in total. The maximum atomic E-state index is 12.8. The number of nitrogens with one attached hydrogen (secondary N) is 1. The van der Waals surface area contributed by atoms with E-state index in [-0.39, 0.29) is 5.25 Å². The molecule has 0 radical (unpaired) electrons. The fourth-order valence-electron chi connectivity index (χ4n) is 4.47. The molecule has 4 rings (SSSR count). The molecule has 1 heterocycles. The first-order valence-electron chi connectivity index (χ1n) is 11.0. The van der Waals surface area contributed by atoms with Crippen LogP contribution in [-0.2, 0) is 29.2 Å². The molecule has 3 aromatic rings. The monoisotopic (exact) mass is 464 g/mol. The molecule has 1 fully saturated rings. The Morgan fingerprint density at radius 2 is 1.72 bits per heavy atom. The number of aryl methyl sites for hydroxylation is 1. The molecule has 1 aromatic heterocycles. The van der Waals surface area contributed by atoms with Gasteiger partial charge in [0.05, 0.1) is 10.8 Å². The number of alkyl halides is 3. The van der Waals surface area contributed by atoms with E-state index < -0.39 is 21.8 Å². The smallest absolute Gasteiger partial charge is 0.343 e. The van der Waals surface area contributed by atoms with Gasteiger partial charge in [-0.1, -0.05) is 38.3 Å². The van der Waals surface area contributed by atoms with E-state index in [1.807, 2.05) is 29.8 Å². The molecular weight excluding hydrogens is 437 g/mol. The molecule has 1 saturated carbocycles. The first-order valence-corrected chi connectivity index (χ1v) is 12.5. The van der Waals surface area contributed by atoms with Crippen molar-refractivity contribution in [2.24, 2.45) is 0 Å². The number of halogens is 3. The van der Waals surface area contributed by atoms with Crippen molar-refractivity contribution in [1.82, 2.24) is 4.57 Å². The topological polar surface area (TPSA) is 51.1 Å². The highest BCUT2D eigenvalue weighted by Crippen LogP contribution is 2.31. The normalized spacial score (nSPS) is 15.9. The van der Waals surface area contributed by atoms with E-state index in [1.165, 1.54) is 12.1 Å². The van der Waals surface area contributed by atoms with Gasteiger partial charge >= 0.3 is 6.18 Å². The van der Waals surface area contributed by atoms with Crippen molar-refractivity contribution in [3.63, 3.8) is 0 Å². The van der Waals surface area contributed by atoms with Gasteiger partial charge in [-0.25, -0.2) is 8.42 Å². The molecule has 172 valence electrons. The Labute approximate surface area is 186 Å². The molecule has 0 unspecified atom stereocenters. The van der Waals surface area contributed by atoms with Crippen molar-refractivity contribution in [1.29, 1.82) is 0 Å². The molecule has 0 spiro atoms. The number of hydrogen-bond acceptors (Lipinski definition) is 2. The SMILES string of the molecule is CCc1cn(Cc2ccc(C(F)(F)F)cc2)c2ccc(NS(=O)(=O)C3CCCCC3)cc12. The van der Waals surface area contributed by atoms with Crippen LogP contribution in [0.25, 0.3) is 10.9 Å². The third kappa shape index (κ3) is 4.80. The molecule has 2 aromatic carbocycles. The van der Waals surface area contributed by atoms with E-state index in [1.54, 1.807) is 6.07 Å². The van der Waals surface area contributed by atoms with Gasteiger partial charge < -0.3 is 4.57 Å². The van der Waals surface area contributed by atoms with Crippen LogP contribution in [0.5, 0.6) is 0 Å². The third-order valence-corrected chi connectivity index (χ3v) is 8.10. The Hall–Kier alpha value is -2.48. The number of hydrogen-bond donors (Lipinski definition) is 1. The summed E-state index contributed by atoms with van der Waals surface area (Å²) in [6.45, 7) is 2.46. The van der Waals surface area contributed by atoms with Crippen molar-refractivity contribution < 1.29 is 21.6 Å². The molecule has 1 aliphatic rings. The van der Waals surface area contributed by atoms with E-state index in [9.17, 15) is 21.6 Å². The molecule has 1 N–H and O–H groups in total. The summed E-state index contributed by atoms with van der Waals surface area (Å²) in [7, 11) is -3.43. The van der Waals surface area contributed by atoms with Gasteiger partial charge in [0.2, 0.25) is 10.0 Å². The minimum absolute atomic E-state index is 0.345. The summed E-state index contributed by atoms with van der Waals surface area (Å²) >= 11 is 0.